The number of rotatable bonds is 6. The molecule has 8 heteroatoms. The lowest BCUT2D eigenvalue weighted by atomic mass is 10.2. The summed E-state index contributed by atoms with van der Waals surface area (Å²) in [6.45, 7) is 2.23. The Bertz CT molecular complexity index is 444. The van der Waals surface area contributed by atoms with E-state index in [0.717, 1.165) is 6.42 Å². The van der Waals surface area contributed by atoms with Crippen LogP contribution in [-0.2, 0) is 19.9 Å². The van der Waals surface area contributed by atoms with Crippen molar-refractivity contribution in [2.75, 3.05) is 18.1 Å². The lowest BCUT2D eigenvalue weighted by Crippen LogP contribution is -2.40. The second kappa shape index (κ2) is 6.54. The minimum atomic E-state index is -3.39. The first kappa shape index (κ1) is 16.2. The van der Waals surface area contributed by atoms with Gasteiger partial charge in [-0.25, -0.2) is 21.6 Å². The Labute approximate surface area is 114 Å². The van der Waals surface area contributed by atoms with E-state index in [0.29, 0.717) is 13.0 Å². The van der Waals surface area contributed by atoms with E-state index in [9.17, 15) is 16.8 Å². The van der Waals surface area contributed by atoms with Crippen LogP contribution in [0.15, 0.2) is 0 Å². The first-order chi connectivity index (χ1) is 8.23. The number of nitrogens with one attached hydrogen (secondary N) is 1. The van der Waals surface area contributed by atoms with Gasteiger partial charge >= 0.3 is 0 Å². The lowest BCUT2D eigenvalue weighted by Gasteiger charge is -2.22. The Kier molecular flexibility index (Phi) is 5.89. The zero-order valence-corrected chi connectivity index (χ0v) is 12.8. The summed E-state index contributed by atoms with van der Waals surface area (Å²) in [5.74, 6) is -0.0609. The summed E-state index contributed by atoms with van der Waals surface area (Å²) in [5.41, 5.74) is 0. The van der Waals surface area contributed by atoms with Crippen molar-refractivity contribution in [2.24, 2.45) is 0 Å². The third-order valence-corrected chi connectivity index (χ3v) is 6.91. The van der Waals surface area contributed by atoms with Gasteiger partial charge in [0.1, 0.15) is 9.84 Å². The van der Waals surface area contributed by atoms with Crippen LogP contribution in [0.3, 0.4) is 0 Å². The van der Waals surface area contributed by atoms with Crippen LogP contribution in [0.1, 0.15) is 32.6 Å². The quantitative estimate of drug-likeness (QED) is 0.583. The minimum absolute atomic E-state index is 0.0305. The predicted molar refractivity (Wildman–Crippen MR) is 73.1 cm³/mol. The molecule has 1 aliphatic heterocycles. The van der Waals surface area contributed by atoms with Gasteiger partial charge in [-0.1, -0.05) is 0 Å². The molecule has 108 valence electrons. The maximum Gasteiger partial charge on any atom is 0.214 e. The lowest BCUT2D eigenvalue weighted by molar-refractivity contribution is 0.540. The fourth-order valence-corrected chi connectivity index (χ4v) is 5.36. The van der Waals surface area contributed by atoms with Gasteiger partial charge in [0, 0.05) is 11.9 Å². The molecule has 0 aromatic rings. The zero-order valence-electron chi connectivity index (χ0n) is 10.4. The number of alkyl halides is 1. The maximum atomic E-state index is 11.9. The van der Waals surface area contributed by atoms with E-state index in [-0.39, 0.29) is 29.7 Å². The first-order valence-electron chi connectivity index (χ1n) is 6.06. The molecule has 1 unspecified atom stereocenters. The molecular weight excluding hydrogens is 298 g/mol. The summed E-state index contributed by atoms with van der Waals surface area (Å²) < 4.78 is 48.8. The third kappa shape index (κ3) is 5.42. The first-order valence-corrected chi connectivity index (χ1v) is 9.86. The Hall–Kier alpha value is 0.150. The van der Waals surface area contributed by atoms with Gasteiger partial charge in [-0.3, -0.25) is 0 Å². The van der Waals surface area contributed by atoms with Crippen LogP contribution >= 0.6 is 11.6 Å². The van der Waals surface area contributed by atoms with Crippen LogP contribution in [-0.4, -0.2) is 45.5 Å². The van der Waals surface area contributed by atoms with Gasteiger partial charge in [0.2, 0.25) is 10.0 Å². The molecule has 1 N–H and O–H groups in total. The van der Waals surface area contributed by atoms with E-state index >= 15 is 0 Å². The van der Waals surface area contributed by atoms with Gasteiger partial charge in [-0.2, -0.15) is 0 Å². The van der Waals surface area contributed by atoms with E-state index < -0.39 is 25.1 Å². The highest BCUT2D eigenvalue weighted by Crippen LogP contribution is 2.18. The number of hydrogen-bond donors (Lipinski definition) is 1. The smallest absolute Gasteiger partial charge is 0.214 e. The normalized spacial score (nSPS) is 22.8. The van der Waals surface area contributed by atoms with Crippen LogP contribution in [0.2, 0.25) is 0 Å². The molecule has 1 aliphatic rings. The van der Waals surface area contributed by atoms with E-state index in [1.165, 1.54) is 0 Å². The molecule has 5 nitrogen and oxygen atoms in total. The van der Waals surface area contributed by atoms with E-state index in [4.69, 9.17) is 11.6 Å². The van der Waals surface area contributed by atoms with Gasteiger partial charge < -0.3 is 0 Å². The molecule has 0 spiro atoms. The fourth-order valence-electron chi connectivity index (χ4n) is 1.89. The molecule has 0 bridgehead atoms. The molecule has 0 saturated carbocycles. The Morgan fingerprint density at radius 2 is 1.89 bits per heavy atom. The Morgan fingerprint density at radius 1 is 1.33 bits per heavy atom. The molecule has 1 saturated heterocycles. The molecule has 0 aromatic carbocycles. The molecule has 0 aliphatic carbocycles. The third-order valence-electron chi connectivity index (χ3n) is 3.02. The van der Waals surface area contributed by atoms with Crippen molar-refractivity contribution in [3.8, 4) is 0 Å². The number of sulfonamides is 1. The second-order valence-electron chi connectivity index (χ2n) is 4.71. The number of halogens is 1. The van der Waals surface area contributed by atoms with Gasteiger partial charge in [0.15, 0.2) is 0 Å². The van der Waals surface area contributed by atoms with Gasteiger partial charge in [0.25, 0.3) is 0 Å². The number of sulfone groups is 1. The zero-order chi connectivity index (χ0) is 13.8. The van der Waals surface area contributed by atoms with E-state index in [2.05, 4.69) is 4.72 Å². The van der Waals surface area contributed by atoms with Crippen LogP contribution < -0.4 is 4.72 Å². The predicted octanol–water partition coefficient (Wildman–Crippen LogP) is 0.891. The fraction of sp³-hybridized carbons (Fsp3) is 1.00. The molecule has 18 heavy (non-hydrogen) atoms. The summed E-state index contributed by atoms with van der Waals surface area (Å²) >= 11 is 5.76. The summed E-state index contributed by atoms with van der Waals surface area (Å²) in [7, 11) is -6.41. The van der Waals surface area contributed by atoms with Crippen LogP contribution in [0.25, 0.3) is 0 Å². The molecule has 0 amide bonds. The van der Waals surface area contributed by atoms with Crippen molar-refractivity contribution in [3.05, 3.63) is 0 Å². The standard InChI is InChI=1S/C10H20ClNO4S2/c1-9(11)3-2-6-12-18(15,16)10-4-7-17(13,14)8-5-10/h9-10,12H,2-8H2,1H3. The highest BCUT2D eigenvalue weighted by molar-refractivity contribution is 7.92. The summed E-state index contributed by atoms with van der Waals surface area (Å²) in [6.07, 6.45) is 1.84. The summed E-state index contributed by atoms with van der Waals surface area (Å²) in [6, 6.07) is 0. The molecule has 0 radical (unpaired) electrons. The highest BCUT2D eigenvalue weighted by atomic mass is 35.5. The van der Waals surface area contributed by atoms with Crippen molar-refractivity contribution in [3.63, 3.8) is 0 Å². The van der Waals surface area contributed by atoms with Crippen LogP contribution in [0.4, 0.5) is 0 Å². The molecule has 0 aromatic heterocycles. The largest absolute Gasteiger partial charge is 0.229 e. The Balaban J connectivity index is 2.40. The molecule has 1 fully saturated rings. The van der Waals surface area contributed by atoms with E-state index in [1.54, 1.807) is 0 Å². The van der Waals surface area contributed by atoms with Crippen molar-refractivity contribution < 1.29 is 16.8 Å². The molecule has 1 atom stereocenters. The number of hydrogen-bond acceptors (Lipinski definition) is 4. The second-order valence-corrected chi connectivity index (χ2v) is 9.81. The topological polar surface area (TPSA) is 80.3 Å². The van der Waals surface area contributed by atoms with Crippen molar-refractivity contribution in [1.82, 2.24) is 4.72 Å². The highest BCUT2D eigenvalue weighted by Gasteiger charge is 2.32. The average Bonchev–Trinajstić information content (AvgIpc) is 2.23. The van der Waals surface area contributed by atoms with Crippen LogP contribution in [0.5, 0.6) is 0 Å². The van der Waals surface area contributed by atoms with Crippen molar-refractivity contribution in [2.45, 2.75) is 43.2 Å². The Morgan fingerprint density at radius 3 is 2.39 bits per heavy atom. The monoisotopic (exact) mass is 317 g/mol. The maximum absolute atomic E-state index is 11.9. The SMILES string of the molecule is CC(Cl)CCCNS(=O)(=O)C1CCS(=O)(=O)CC1. The molecule has 1 heterocycles. The van der Waals surface area contributed by atoms with Crippen LogP contribution in [0, 0.1) is 0 Å². The molecular formula is C10H20ClNO4S2. The van der Waals surface area contributed by atoms with Crippen molar-refractivity contribution >= 4 is 31.5 Å². The van der Waals surface area contributed by atoms with E-state index in [1.807, 2.05) is 6.92 Å². The van der Waals surface area contributed by atoms with Gasteiger partial charge in [-0.15, -0.1) is 11.6 Å². The summed E-state index contributed by atoms with van der Waals surface area (Å²) in [4.78, 5) is 0. The summed E-state index contributed by atoms with van der Waals surface area (Å²) in [5, 5.41) is -0.538. The minimum Gasteiger partial charge on any atom is -0.229 e. The molecule has 1 rings (SSSR count). The average molecular weight is 318 g/mol. The van der Waals surface area contributed by atoms with Crippen molar-refractivity contribution in [1.29, 1.82) is 0 Å². The van der Waals surface area contributed by atoms with Gasteiger partial charge in [-0.05, 0) is 32.6 Å². The van der Waals surface area contributed by atoms with Gasteiger partial charge in [0.05, 0.1) is 16.8 Å².